The zero-order valence-electron chi connectivity index (χ0n) is 5.91. The Morgan fingerprint density at radius 1 is 1.29 bits per heavy atom. The Morgan fingerprint density at radius 2 is 1.43 bits per heavy atom. The monoisotopic (exact) mass is 110 g/mol. The molecule has 0 aromatic carbocycles. The molecule has 0 heterocycles. The molecule has 7 heavy (non-hydrogen) atoms. The topological polar surface area (TPSA) is 0 Å². The molecule has 0 unspecified atom stereocenters. The fraction of sp³-hybridized carbons (Fsp3) is 0.667. The normalized spacial score (nSPS) is 6.86. The molecule has 0 atom stereocenters. The van der Waals surface area contributed by atoms with Crippen LogP contribution in [0.4, 0.5) is 0 Å². The van der Waals surface area contributed by atoms with Crippen molar-refractivity contribution in [2.75, 3.05) is 0 Å². The van der Waals surface area contributed by atoms with E-state index in [1.165, 1.54) is 12.3 Å². The maximum atomic E-state index is 2.16. The summed E-state index contributed by atoms with van der Waals surface area (Å²) in [5.74, 6) is 1.50. The van der Waals surface area contributed by atoms with Crippen LogP contribution in [0.25, 0.3) is 0 Å². The van der Waals surface area contributed by atoms with Crippen LogP contribution in [0.3, 0.4) is 0 Å². The number of hydrogen-bond acceptors (Lipinski definition) is 0. The van der Waals surface area contributed by atoms with E-state index in [9.17, 15) is 0 Å². The quantitative estimate of drug-likeness (QED) is 0.358. The first-order valence-electron chi connectivity index (χ1n) is 2.06. The van der Waals surface area contributed by atoms with E-state index in [0.29, 0.717) is 0 Å². The molecule has 0 amide bonds. The molecule has 0 rings (SSSR count). The van der Waals surface area contributed by atoms with E-state index < -0.39 is 0 Å². The minimum atomic E-state index is 0. The van der Waals surface area contributed by atoms with Gasteiger partial charge in [0.1, 0.15) is 0 Å². The molecule has 0 saturated carbocycles. The summed E-state index contributed by atoms with van der Waals surface area (Å²) in [7, 11) is 0. The Kier molecular flexibility index (Phi) is 22.1. The average Bonchev–Trinajstić information content (AvgIpc) is 1.38. The third-order valence-electron chi connectivity index (χ3n) is 0.707. The summed E-state index contributed by atoms with van der Waals surface area (Å²) in [4.78, 5) is 0. The van der Waals surface area contributed by atoms with E-state index in [1.54, 1.807) is 0 Å². The molecule has 0 bridgehead atoms. The van der Waals surface area contributed by atoms with Gasteiger partial charge in [-0.1, -0.05) is 6.92 Å². The van der Waals surface area contributed by atoms with Crippen molar-refractivity contribution in [3.05, 3.63) is 13.3 Å². The third kappa shape index (κ3) is 20.1. The molecule has 0 aliphatic carbocycles. The summed E-state index contributed by atoms with van der Waals surface area (Å²) < 4.78 is 0. The Labute approximate surface area is 63.8 Å². The van der Waals surface area contributed by atoms with Crippen molar-refractivity contribution < 1.29 is 0 Å². The van der Waals surface area contributed by atoms with E-state index in [0.717, 1.165) is 0 Å². The predicted octanol–water partition coefficient (Wildman–Crippen LogP) is 2.08. The molecule has 0 aliphatic heterocycles. The van der Waals surface area contributed by atoms with Gasteiger partial charge in [0.15, 0.2) is 0 Å². The first-order chi connectivity index (χ1) is 2.27. The van der Waals surface area contributed by atoms with Gasteiger partial charge in [0, 0.05) is 0 Å². The van der Waals surface area contributed by atoms with Gasteiger partial charge in [-0.25, -0.2) is 0 Å². The van der Waals surface area contributed by atoms with Crippen LogP contribution in [-0.2, 0) is 0 Å². The molecule has 40 valence electrons. The molecular weight excluding hydrogens is 96.4 g/mol. The van der Waals surface area contributed by atoms with Gasteiger partial charge in [-0.05, 0) is 0 Å². The Morgan fingerprint density at radius 3 is 1.43 bits per heavy atom. The maximum absolute atomic E-state index is 2.16. The summed E-state index contributed by atoms with van der Waals surface area (Å²) in [5.41, 5.74) is 0. The molecule has 1 heteroatoms. The molecule has 0 spiro atoms. The number of hydrogen-bond donors (Lipinski definition) is 0. The van der Waals surface area contributed by atoms with Crippen LogP contribution in [-0.4, -0.2) is 23.1 Å². The van der Waals surface area contributed by atoms with Gasteiger partial charge in [-0.2, -0.15) is 20.3 Å². The van der Waals surface area contributed by atoms with Gasteiger partial charge in [0.25, 0.3) is 0 Å². The van der Waals surface area contributed by atoms with E-state index in [4.69, 9.17) is 0 Å². The first kappa shape index (κ1) is 15.7. The van der Waals surface area contributed by atoms with Gasteiger partial charge in [0.2, 0.25) is 0 Å². The summed E-state index contributed by atoms with van der Waals surface area (Å²) >= 11 is 0. The fourth-order valence-electron chi connectivity index (χ4n) is 0. The molecular formula is C6H14Mg. The first-order valence-corrected chi connectivity index (χ1v) is 2.06. The van der Waals surface area contributed by atoms with Crippen LogP contribution in [0.1, 0.15) is 27.2 Å². The summed E-state index contributed by atoms with van der Waals surface area (Å²) in [5, 5.41) is 0. The zero-order valence-corrected chi connectivity index (χ0v) is 7.33. The predicted molar refractivity (Wildman–Crippen MR) is 37.0 cm³/mol. The molecule has 0 nitrogen and oxygen atoms in total. The average molecular weight is 110 g/mol. The second-order valence-corrected chi connectivity index (χ2v) is 1.56. The van der Waals surface area contributed by atoms with E-state index in [2.05, 4.69) is 20.8 Å². The summed E-state index contributed by atoms with van der Waals surface area (Å²) in [6, 6.07) is 0. The van der Waals surface area contributed by atoms with Crippen molar-refractivity contribution in [2.24, 2.45) is 0 Å². The molecule has 0 saturated heterocycles. The second-order valence-electron chi connectivity index (χ2n) is 1.56. The molecule has 0 aliphatic rings. The van der Waals surface area contributed by atoms with Gasteiger partial charge in [0.05, 0.1) is 0 Å². The molecule has 0 aromatic rings. The van der Waals surface area contributed by atoms with Crippen LogP contribution >= 0.6 is 0 Å². The molecule has 0 N–H and O–H groups in total. The fourth-order valence-corrected chi connectivity index (χ4v) is 0. The van der Waals surface area contributed by atoms with E-state index >= 15 is 0 Å². The Balaban J connectivity index is -0.0000000800. The van der Waals surface area contributed by atoms with E-state index in [-0.39, 0.29) is 30.5 Å². The summed E-state index contributed by atoms with van der Waals surface area (Å²) in [6.07, 6.45) is 1.22. The van der Waals surface area contributed by atoms with Crippen molar-refractivity contribution in [1.82, 2.24) is 0 Å². The van der Waals surface area contributed by atoms with E-state index in [1.807, 2.05) is 0 Å². The van der Waals surface area contributed by atoms with Crippen LogP contribution < -0.4 is 0 Å². The summed E-state index contributed by atoms with van der Waals surface area (Å²) in [6.45, 7) is 6.44. The van der Waals surface area contributed by atoms with Crippen molar-refractivity contribution in [3.63, 3.8) is 0 Å². The Bertz CT molecular complexity index is 18.1. The van der Waals surface area contributed by atoms with Crippen LogP contribution in [0.15, 0.2) is 0 Å². The largest absolute Gasteiger partial charge is 2.00 e. The Hall–Kier alpha value is 0.766. The van der Waals surface area contributed by atoms with Crippen molar-refractivity contribution >= 4 is 23.1 Å². The van der Waals surface area contributed by atoms with Gasteiger partial charge in [-0.15, -0.1) is 0 Å². The molecule has 0 radical (unpaired) electrons. The molecule has 0 aromatic heterocycles. The third-order valence-corrected chi connectivity index (χ3v) is 0.707. The molecule has 0 fully saturated rings. The van der Waals surface area contributed by atoms with Crippen molar-refractivity contribution in [2.45, 2.75) is 27.2 Å². The van der Waals surface area contributed by atoms with Crippen LogP contribution in [0, 0.1) is 13.3 Å². The standard InChI is InChI=1S/C5H11.CH3.Mg/c1-4-5(2)3;;/h4H2,1-3H3;1H3;/q2*-1;+2. The van der Waals surface area contributed by atoms with Crippen LogP contribution in [0.5, 0.6) is 0 Å². The minimum Gasteiger partial charge on any atom is -0.358 e. The maximum Gasteiger partial charge on any atom is 2.00 e. The van der Waals surface area contributed by atoms with Gasteiger partial charge >= 0.3 is 23.1 Å². The van der Waals surface area contributed by atoms with Gasteiger partial charge in [-0.3, -0.25) is 0 Å². The number of rotatable bonds is 1. The SMILES string of the molecule is CC[C-](C)C.[CH3-].[Mg+2]. The minimum absolute atomic E-state index is 0. The van der Waals surface area contributed by atoms with Crippen molar-refractivity contribution in [3.8, 4) is 0 Å². The van der Waals surface area contributed by atoms with Crippen molar-refractivity contribution in [1.29, 1.82) is 0 Å². The van der Waals surface area contributed by atoms with Crippen LogP contribution in [0.2, 0.25) is 0 Å². The smallest absolute Gasteiger partial charge is 0.358 e. The second kappa shape index (κ2) is 9.90. The van der Waals surface area contributed by atoms with Gasteiger partial charge < -0.3 is 13.3 Å². The zero-order chi connectivity index (χ0) is 4.28.